The Labute approximate surface area is 116 Å². The van der Waals surface area contributed by atoms with Crippen LogP contribution < -0.4 is 9.47 Å². The van der Waals surface area contributed by atoms with E-state index in [0.717, 1.165) is 11.1 Å². The quantitative estimate of drug-likeness (QED) is 0.910. The zero-order valence-electron chi connectivity index (χ0n) is 11.1. The van der Waals surface area contributed by atoms with Crippen LogP contribution in [0.25, 0.3) is 11.1 Å². The fourth-order valence-electron chi connectivity index (χ4n) is 2.30. The zero-order chi connectivity index (χ0) is 14.1. The topological polar surface area (TPSA) is 55.8 Å². The summed E-state index contributed by atoms with van der Waals surface area (Å²) in [6.07, 6.45) is 0. The Bertz CT molecular complexity index is 676. The van der Waals surface area contributed by atoms with Crippen molar-refractivity contribution in [3.05, 3.63) is 47.5 Å². The molecule has 1 aliphatic rings. The van der Waals surface area contributed by atoms with Crippen LogP contribution in [0.1, 0.15) is 15.9 Å². The summed E-state index contributed by atoms with van der Waals surface area (Å²) in [6, 6.07) is 10.9. The molecule has 2 aromatic rings. The predicted molar refractivity (Wildman–Crippen MR) is 74.6 cm³/mol. The molecule has 0 amide bonds. The van der Waals surface area contributed by atoms with Crippen LogP contribution in [-0.2, 0) is 0 Å². The average Bonchev–Trinajstić information content (AvgIpc) is 2.46. The van der Waals surface area contributed by atoms with Crippen LogP contribution in [0.3, 0.4) is 0 Å². The zero-order valence-corrected chi connectivity index (χ0v) is 11.1. The van der Waals surface area contributed by atoms with E-state index in [0.29, 0.717) is 35.8 Å². The molecule has 0 spiro atoms. The van der Waals surface area contributed by atoms with Gasteiger partial charge in [-0.2, -0.15) is 0 Å². The van der Waals surface area contributed by atoms with Crippen molar-refractivity contribution < 1.29 is 19.4 Å². The van der Waals surface area contributed by atoms with Crippen LogP contribution in [-0.4, -0.2) is 24.3 Å². The van der Waals surface area contributed by atoms with E-state index < -0.39 is 5.97 Å². The Morgan fingerprint density at radius 2 is 1.80 bits per heavy atom. The van der Waals surface area contributed by atoms with Crippen molar-refractivity contribution in [1.29, 1.82) is 0 Å². The molecule has 0 atom stereocenters. The lowest BCUT2D eigenvalue weighted by atomic mass is 9.97. The first-order valence-electron chi connectivity index (χ1n) is 6.39. The van der Waals surface area contributed by atoms with Crippen LogP contribution in [0.15, 0.2) is 36.4 Å². The van der Waals surface area contributed by atoms with Gasteiger partial charge in [0, 0.05) is 0 Å². The number of carbonyl (C=O) groups is 1. The molecule has 0 aromatic heterocycles. The van der Waals surface area contributed by atoms with Gasteiger partial charge in [-0.3, -0.25) is 0 Å². The Hall–Kier alpha value is -2.49. The summed E-state index contributed by atoms with van der Waals surface area (Å²) < 4.78 is 11.0. The minimum atomic E-state index is -0.932. The number of hydrogen-bond donors (Lipinski definition) is 1. The molecule has 0 unspecified atom stereocenters. The van der Waals surface area contributed by atoms with Crippen LogP contribution >= 0.6 is 0 Å². The third-order valence-corrected chi connectivity index (χ3v) is 3.26. The van der Waals surface area contributed by atoms with E-state index in [1.54, 1.807) is 6.07 Å². The van der Waals surface area contributed by atoms with Gasteiger partial charge in [0.1, 0.15) is 13.2 Å². The van der Waals surface area contributed by atoms with Crippen molar-refractivity contribution in [3.63, 3.8) is 0 Å². The van der Waals surface area contributed by atoms with Crippen LogP contribution in [0.2, 0.25) is 0 Å². The highest BCUT2D eigenvalue weighted by molar-refractivity contribution is 5.96. The van der Waals surface area contributed by atoms with Crippen molar-refractivity contribution in [3.8, 4) is 22.6 Å². The van der Waals surface area contributed by atoms with Crippen LogP contribution in [0.4, 0.5) is 0 Å². The smallest absolute Gasteiger partial charge is 0.336 e. The standard InChI is InChI=1S/C16H14O4/c1-10-2-4-12(13(8-10)16(17)18)11-3-5-14-15(9-11)20-7-6-19-14/h2-5,8-9H,6-7H2,1H3,(H,17,18). The second-order valence-electron chi connectivity index (χ2n) is 4.71. The molecular weight excluding hydrogens is 256 g/mol. The molecule has 2 aromatic carbocycles. The Morgan fingerprint density at radius 3 is 2.55 bits per heavy atom. The van der Waals surface area contributed by atoms with Gasteiger partial charge in [-0.05, 0) is 36.2 Å². The molecule has 0 saturated carbocycles. The van der Waals surface area contributed by atoms with E-state index in [9.17, 15) is 9.90 Å². The number of rotatable bonds is 2. The molecule has 0 aliphatic carbocycles. The fraction of sp³-hybridized carbons (Fsp3) is 0.188. The number of carboxylic acids is 1. The Morgan fingerprint density at radius 1 is 1.05 bits per heavy atom. The highest BCUT2D eigenvalue weighted by atomic mass is 16.6. The molecule has 1 aliphatic heterocycles. The summed E-state index contributed by atoms with van der Waals surface area (Å²) in [5, 5.41) is 9.33. The molecule has 20 heavy (non-hydrogen) atoms. The van der Waals surface area contributed by atoms with Gasteiger partial charge in [0.05, 0.1) is 5.56 Å². The molecule has 1 heterocycles. The summed E-state index contributed by atoms with van der Waals surface area (Å²) in [7, 11) is 0. The van der Waals surface area contributed by atoms with E-state index in [2.05, 4.69) is 0 Å². The highest BCUT2D eigenvalue weighted by Gasteiger charge is 2.16. The van der Waals surface area contributed by atoms with Gasteiger partial charge in [-0.15, -0.1) is 0 Å². The molecule has 3 rings (SSSR count). The van der Waals surface area contributed by atoms with Crippen LogP contribution in [0, 0.1) is 6.92 Å². The monoisotopic (exact) mass is 270 g/mol. The maximum Gasteiger partial charge on any atom is 0.336 e. The van der Waals surface area contributed by atoms with Gasteiger partial charge in [0.2, 0.25) is 0 Å². The van der Waals surface area contributed by atoms with Crippen LogP contribution in [0.5, 0.6) is 11.5 Å². The lowest BCUT2D eigenvalue weighted by Gasteiger charge is -2.19. The van der Waals surface area contributed by atoms with Crippen molar-refractivity contribution in [2.45, 2.75) is 6.92 Å². The number of hydrogen-bond acceptors (Lipinski definition) is 3. The largest absolute Gasteiger partial charge is 0.486 e. The van der Waals surface area contributed by atoms with E-state index >= 15 is 0 Å². The number of carboxylic acid groups (broad SMARTS) is 1. The first-order valence-corrected chi connectivity index (χ1v) is 6.39. The van der Waals surface area contributed by atoms with E-state index in [1.165, 1.54) is 0 Å². The lowest BCUT2D eigenvalue weighted by Crippen LogP contribution is -2.15. The fourth-order valence-corrected chi connectivity index (χ4v) is 2.30. The minimum Gasteiger partial charge on any atom is -0.486 e. The summed E-state index contributed by atoms with van der Waals surface area (Å²) in [5.41, 5.74) is 2.71. The van der Waals surface area contributed by atoms with Crippen molar-refractivity contribution in [2.24, 2.45) is 0 Å². The van der Waals surface area contributed by atoms with Crippen molar-refractivity contribution >= 4 is 5.97 Å². The highest BCUT2D eigenvalue weighted by Crippen LogP contribution is 2.35. The summed E-state index contributed by atoms with van der Waals surface area (Å²) in [5.74, 6) is 0.424. The predicted octanol–water partition coefficient (Wildman–Crippen LogP) is 3.13. The number of aryl methyl sites for hydroxylation is 1. The van der Waals surface area contributed by atoms with E-state index in [4.69, 9.17) is 9.47 Å². The van der Waals surface area contributed by atoms with Crippen molar-refractivity contribution in [1.82, 2.24) is 0 Å². The Kier molecular flexibility index (Phi) is 3.06. The second kappa shape index (κ2) is 4.89. The second-order valence-corrected chi connectivity index (χ2v) is 4.71. The number of benzene rings is 2. The lowest BCUT2D eigenvalue weighted by molar-refractivity contribution is 0.0697. The third-order valence-electron chi connectivity index (χ3n) is 3.26. The van der Waals surface area contributed by atoms with E-state index in [1.807, 2.05) is 37.3 Å². The normalized spacial score (nSPS) is 13.1. The van der Waals surface area contributed by atoms with Gasteiger partial charge in [0.15, 0.2) is 11.5 Å². The molecule has 1 N–H and O–H groups in total. The first kappa shape index (κ1) is 12.5. The van der Waals surface area contributed by atoms with Gasteiger partial charge in [0.25, 0.3) is 0 Å². The molecule has 0 fully saturated rings. The molecule has 4 heteroatoms. The Balaban J connectivity index is 2.11. The number of fused-ring (bicyclic) bond motifs is 1. The maximum atomic E-state index is 11.4. The maximum absolute atomic E-state index is 11.4. The van der Waals surface area contributed by atoms with Gasteiger partial charge in [-0.25, -0.2) is 4.79 Å². The van der Waals surface area contributed by atoms with Crippen molar-refractivity contribution in [2.75, 3.05) is 13.2 Å². The molecule has 102 valence electrons. The third kappa shape index (κ3) is 2.20. The molecular formula is C16H14O4. The van der Waals surface area contributed by atoms with Gasteiger partial charge < -0.3 is 14.6 Å². The number of ether oxygens (including phenoxy) is 2. The summed E-state index contributed by atoms with van der Waals surface area (Å²) in [4.78, 5) is 11.4. The average molecular weight is 270 g/mol. The molecule has 0 radical (unpaired) electrons. The first-order chi connectivity index (χ1) is 9.65. The number of aromatic carboxylic acids is 1. The molecule has 0 bridgehead atoms. The molecule has 0 saturated heterocycles. The minimum absolute atomic E-state index is 0.293. The summed E-state index contributed by atoms with van der Waals surface area (Å²) in [6.45, 7) is 2.92. The molecule has 4 nitrogen and oxygen atoms in total. The van der Waals surface area contributed by atoms with Gasteiger partial charge >= 0.3 is 5.97 Å². The summed E-state index contributed by atoms with van der Waals surface area (Å²) >= 11 is 0. The SMILES string of the molecule is Cc1ccc(-c2ccc3c(c2)OCCO3)c(C(=O)O)c1. The van der Waals surface area contributed by atoms with E-state index in [-0.39, 0.29) is 0 Å². The van der Waals surface area contributed by atoms with Gasteiger partial charge in [-0.1, -0.05) is 23.8 Å².